The van der Waals surface area contributed by atoms with Crippen molar-refractivity contribution in [2.45, 2.75) is 73.1 Å². The molecule has 0 spiro atoms. The van der Waals surface area contributed by atoms with E-state index in [1.165, 1.54) is 6.92 Å². The fourth-order valence-corrected chi connectivity index (χ4v) is 1.86. The van der Waals surface area contributed by atoms with Crippen LogP contribution < -0.4 is 10.6 Å². The Kier molecular flexibility index (Phi) is 7.56. The molecule has 2 amide bonds. The van der Waals surface area contributed by atoms with Crippen molar-refractivity contribution in [3.8, 4) is 0 Å². The monoisotopic (exact) mass is 314 g/mol. The lowest BCUT2D eigenvalue weighted by Crippen LogP contribution is -2.55. The fraction of sp³-hybridized carbons (Fsp3) is 0.812. The van der Waals surface area contributed by atoms with Gasteiger partial charge in [0.25, 0.3) is 0 Å². The topological polar surface area (TPSA) is 84.5 Å². The first-order valence-electron chi connectivity index (χ1n) is 7.65. The van der Waals surface area contributed by atoms with E-state index >= 15 is 0 Å². The van der Waals surface area contributed by atoms with Crippen molar-refractivity contribution in [1.29, 1.82) is 0 Å². The van der Waals surface area contributed by atoms with Gasteiger partial charge in [0.2, 0.25) is 11.8 Å². The molecule has 0 bridgehead atoms. The summed E-state index contributed by atoms with van der Waals surface area (Å²) in [5, 5.41) is 5.30. The van der Waals surface area contributed by atoms with E-state index in [0.717, 1.165) is 0 Å². The molecule has 0 aromatic heterocycles. The first kappa shape index (κ1) is 20.4. The third-order valence-electron chi connectivity index (χ3n) is 2.93. The second kappa shape index (κ2) is 8.15. The Balaban J connectivity index is 5.04. The number of nitrogens with one attached hydrogen (secondary N) is 2. The van der Waals surface area contributed by atoms with Crippen molar-refractivity contribution in [3.63, 3.8) is 0 Å². The number of hydrogen-bond donors (Lipinski definition) is 2. The highest BCUT2D eigenvalue weighted by atomic mass is 16.6. The normalized spacial score (nSPS) is 14.5. The molecule has 0 rings (SSSR count). The van der Waals surface area contributed by atoms with E-state index in [9.17, 15) is 14.4 Å². The lowest BCUT2D eigenvalue weighted by Gasteiger charge is -2.29. The molecule has 128 valence electrons. The third kappa shape index (κ3) is 7.43. The molecule has 0 heterocycles. The molecule has 0 saturated heterocycles. The van der Waals surface area contributed by atoms with E-state index in [4.69, 9.17) is 4.74 Å². The minimum atomic E-state index is -0.748. The van der Waals surface area contributed by atoms with Crippen LogP contribution in [-0.4, -0.2) is 35.5 Å². The fourth-order valence-electron chi connectivity index (χ4n) is 1.86. The standard InChI is InChI=1S/C16H30N2O4/c1-9(2)12(17-11(5)19)14(20)18-13(10(3)4)15(21)22-16(6,7)8/h9-10,12-13H,1-8H3,(H,17,19)(H,18,20)/t12-,13-/m0/s1. The first-order chi connectivity index (χ1) is 9.85. The number of carbonyl (C=O) groups is 3. The van der Waals surface area contributed by atoms with Crippen LogP contribution in [0.5, 0.6) is 0 Å². The van der Waals surface area contributed by atoms with E-state index in [0.29, 0.717) is 0 Å². The molecule has 22 heavy (non-hydrogen) atoms. The van der Waals surface area contributed by atoms with Gasteiger partial charge in [0.15, 0.2) is 0 Å². The van der Waals surface area contributed by atoms with Gasteiger partial charge < -0.3 is 15.4 Å². The summed E-state index contributed by atoms with van der Waals surface area (Å²) < 4.78 is 5.34. The summed E-state index contributed by atoms with van der Waals surface area (Å²) in [6.07, 6.45) is 0. The lowest BCUT2D eigenvalue weighted by molar-refractivity contribution is -0.160. The van der Waals surface area contributed by atoms with Crippen molar-refractivity contribution in [2.24, 2.45) is 11.8 Å². The van der Waals surface area contributed by atoms with Gasteiger partial charge in [-0.25, -0.2) is 4.79 Å². The quantitative estimate of drug-likeness (QED) is 0.730. The Bertz CT molecular complexity index is 411. The summed E-state index contributed by atoms with van der Waals surface area (Å²) in [6, 6.07) is -1.43. The van der Waals surface area contributed by atoms with Gasteiger partial charge in [0, 0.05) is 6.92 Å². The van der Waals surface area contributed by atoms with Crippen LogP contribution in [0.2, 0.25) is 0 Å². The van der Waals surface area contributed by atoms with Crippen molar-refractivity contribution >= 4 is 17.8 Å². The minimum Gasteiger partial charge on any atom is -0.458 e. The van der Waals surface area contributed by atoms with Gasteiger partial charge in [0.05, 0.1) is 0 Å². The largest absolute Gasteiger partial charge is 0.458 e. The van der Waals surface area contributed by atoms with Crippen LogP contribution in [-0.2, 0) is 19.1 Å². The predicted molar refractivity (Wildman–Crippen MR) is 85.1 cm³/mol. The average molecular weight is 314 g/mol. The van der Waals surface area contributed by atoms with E-state index < -0.39 is 23.7 Å². The summed E-state index contributed by atoms with van der Waals surface area (Å²) in [6.45, 7) is 14.0. The number of hydrogen-bond acceptors (Lipinski definition) is 4. The van der Waals surface area contributed by atoms with Crippen molar-refractivity contribution in [2.75, 3.05) is 0 Å². The maximum absolute atomic E-state index is 12.4. The lowest BCUT2D eigenvalue weighted by atomic mass is 10.00. The number of amides is 2. The molecule has 0 aliphatic carbocycles. The van der Waals surface area contributed by atoms with Crippen molar-refractivity contribution in [3.05, 3.63) is 0 Å². The van der Waals surface area contributed by atoms with E-state index in [-0.39, 0.29) is 23.7 Å². The maximum atomic E-state index is 12.4. The van der Waals surface area contributed by atoms with E-state index in [1.54, 1.807) is 20.8 Å². The zero-order chi connectivity index (χ0) is 17.7. The Morgan fingerprint density at radius 1 is 0.864 bits per heavy atom. The molecule has 6 heteroatoms. The Labute approximate surface area is 133 Å². The van der Waals surface area contributed by atoms with Gasteiger partial charge in [-0.3, -0.25) is 9.59 Å². The summed E-state index contributed by atoms with van der Waals surface area (Å²) in [5.74, 6) is -1.34. The van der Waals surface area contributed by atoms with Crippen LogP contribution in [0.3, 0.4) is 0 Å². The SMILES string of the molecule is CC(=O)N[C@H](C(=O)N[C@H](C(=O)OC(C)(C)C)C(C)C)C(C)C. The summed E-state index contributed by atoms with van der Waals surface area (Å²) >= 11 is 0. The summed E-state index contributed by atoms with van der Waals surface area (Å²) in [7, 11) is 0. The molecule has 0 aromatic carbocycles. The average Bonchev–Trinajstić information content (AvgIpc) is 2.29. The van der Waals surface area contributed by atoms with Gasteiger partial charge in [0.1, 0.15) is 17.7 Å². The molecule has 0 fully saturated rings. The van der Waals surface area contributed by atoms with Crippen LogP contribution in [0.1, 0.15) is 55.4 Å². The molecule has 0 saturated carbocycles. The highest BCUT2D eigenvalue weighted by Crippen LogP contribution is 2.13. The molecule has 2 atom stereocenters. The van der Waals surface area contributed by atoms with Gasteiger partial charge in [-0.2, -0.15) is 0 Å². The smallest absolute Gasteiger partial charge is 0.329 e. The second-order valence-corrected chi connectivity index (χ2v) is 7.19. The second-order valence-electron chi connectivity index (χ2n) is 7.19. The van der Waals surface area contributed by atoms with Gasteiger partial charge >= 0.3 is 5.97 Å². The van der Waals surface area contributed by atoms with Crippen LogP contribution in [0.25, 0.3) is 0 Å². The molecular formula is C16H30N2O4. The molecule has 0 aliphatic heterocycles. The van der Waals surface area contributed by atoms with Crippen LogP contribution >= 0.6 is 0 Å². The molecule has 0 aliphatic rings. The minimum absolute atomic E-state index is 0.0876. The van der Waals surface area contributed by atoms with Crippen LogP contribution in [0, 0.1) is 11.8 Å². The van der Waals surface area contributed by atoms with Crippen molar-refractivity contribution < 1.29 is 19.1 Å². The molecule has 0 aromatic rings. The Morgan fingerprint density at radius 2 is 1.32 bits per heavy atom. The van der Waals surface area contributed by atoms with Crippen LogP contribution in [0.15, 0.2) is 0 Å². The number of rotatable bonds is 6. The van der Waals surface area contributed by atoms with Crippen molar-refractivity contribution in [1.82, 2.24) is 10.6 Å². The first-order valence-corrected chi connectivity index (χ1v) is 7.65. The van der Waals surface area contributed by atoms with Gasteiger partial charge in [-0.05, 0) is 32.6 Å². The highest BCUT2D eigenvalue weighted by Gasteiger charge is 2.32. The summed E-state index contributed by atoms with van der Waals surface area (Å²) in [5.41, 5.74) is -0.621. The molecule has 6 nitrogen and oxygen atoms in total. The van der Waals surface area contributed by atoms with Crippen LogP contribution in [0.4, 0.5) is 0 Å². The maximum Gasteiger partial charge on any atom is 0.329 e. The molecule has 0 unspecified atom stereocenters. The zero-order valence-corrected chi connectivity index (χ0v) is 14.9. The predicted octanol–water partition coefficient (Wildman–Crippen LogP) is 1.63. The van der Waals surface area contributed by atoms with E-state index in [2.05, 4.69) is 10.6 Å². The number of carbonyl (C=O) groups excluding carboxylic acids is 3. The summed E-state index contributed by atoms with van der Waals surface area (Å²) in [4.78, 5) is 35.8. The van der Waals surface area contributed by atoms with E-state index in [1.807, 2.05) is 27.7 Å². The highest BCUT2D eigenvalue weighted by molar-refractivity contribution is 5.90. The van der Waals surface area contributed by atoms with Gasteiger partial charge in [-0.15, -0.1) is 0 Å². The molecule has 2 N–H and O–H groups in total. The Morgan fingerprint density at radius 3 is 1.64 bits per heavy atom. The van der Waals surface area contributed by atoms with Gasteiger partial charge in [-0.1, -0.05) is 27.7 Å². The number of ether oxygens (including phenoxy) is 1. The third-order valence-corrected chi connectivity index (χ3v) is 2.93. The number of esters is 1. The Hall–Kier alpha value is -1.59. The zero-order valence-electron chi connectivity index (χ0n) is 14.9. The molecular weight excluding hydrogens is 284 g/mol. The molecule has 0 radical (unpaired) electrons.